The summed E-state index contributed by atoms with van der Waals surface area (Å²) in [7, 11) is -8.82. The van der Waals surface area contributed by atoms with Crippen LogP contribution in [0.1, 0.15) is 69.2 Å². The first-order valence-electron chi connectivity index (χ1n) is 9.70. The van der Waals surface area contributed by atoms with Crippen molar-refractivity contribution in [3.05, 3.63) is 0 Å². The summed E-state index contributed by atoms with van der Waals surface area (Å²) in [6, 6.07) is 0. The summed E-state index contributed by atoms with van der Waals surface area (Å²) in [5, 5.41) is 0. The molecule has 1 aliphatic rings. The molecule has 0 bridgehead atoms. The van der Waals surface area contributed by atoms with Crippen molar-refractivity contribution in [3.63, 3.8) is 0 Å². The van der Waals surface area contributed by atoms with Gasteiger partial charge in [0.1, 0.15) is 0 Å². The topological polar surface area (TPSA) is 46.2 Å². The Labute approximate surface area is 164 Å². The fraction of sp³-hybridized carbons (Fsp3) is 1.00. The summed E-state index contributed by atoms with van der Waals surface area (Å²) in [5.74, 6) is 0. The molecule has 25 heavy (non-hydrogen) atoms. The Bertz CT molecular complexity index is 390. The Hall–Kier alpha value is 0.884. The number of rotatable bonds is 5. The van der Waals surface area contributed by atoms with Gasteiger partial charge in [0.05, 0.1) is 0 Å². The van der Waals surface area contributed by atoms with Crippen LogP contribution in [0.4, 0.5) is 0 Å². The van der Waals surface area contributed by atoms with Crippen LogP contribution in [0.15, 0.2) is 0 Å². The molecule has 0 aromatic rings. The molecular formula is C15H40O5Si5. The number of hydrogen-bond acceptors (Lipinski definition) is 5. The zero-order chi connectivity index (χ0) is 19.4. The van der Waals surface area contributed by atoms with Gasteiger partial charge in [0.2, 0.25) is 0 Å². The summed E-state index contributed by atoms with van der Waals surface area (Å²) in [5.41, 5.74) is 1.89. The van der Waals surface area contributed by atoms with E-state index in [-0.39, 0.29) is 0 Å². The van der Waals surface area contributed by atoms with E-state index in [0.717, 1.165) is 0 Å². The molecule has 1 aliphatic heterocycles. The van der Waals surface area contributed by atoms with Crippen LogP contribution in [0.2, 0.25) is 27.7 Å². The van der Waals surface area contributed by atoms with E-state index in [1.54, 1.807) is 0 Å². The molecular weight excluding hydrogens is 401 g/mol. The van der Waals surface area contributed by atoms with Crippen molar-refractivity contribution >= 4 is 46.4 Å². The molecule has 0 amide bonds. The molecule has 10 heteroatoms. The molecule has 0 aromatic carbocycles. The standard InChI is InChI=1S/C15H40O5Si5/c1-11(2)23-17-21-16-22-18-24(12(3)4,13(5)6)20-25(19-23,14(7)8)15(9)10/h11-15,23H,21-22H2,1-10H3. The summed E-state index contributed by atoms with van der Waals surface area (Å²) in [4.78, 5) is 0. The molecule has 150 valence electrons. The molecule has 0 aliphatic carbocycles. The van der Waals surface area contributed by atoms with E-state index < -0.39 is 46.4 Å². The van der Waals surface area contributed by atoms with Crippen molar-refractivity contribution in [2.75, 3.05) is 0 Å². The molecule has 0 N–H and O–H groups in total. The summed E-state index contributed by atoms with van der Waals surface area (Å²) < 4.78 is 32.7. The van der Waals surface area contributed by atoms with Gasteiger partial charge in [0, 0.05) is 0 Å². The normalized spacial score (nSPS) is 27.2. The lowest BCUT2D eigenvalue weighted by atomic mass is 10.5. The van der Waals surface area contributed by atoms with Gasteiger partial charge in [-0.2, -0.15) is 0 Å². The van der Waals surface area contributed by atoms with Crippen molar-refractivity contribution < 1.29 is 20.6 Å². The fourth-order valence-corrected chi connectivity index (χ4v) is 27.1. The van der Waals surface area contributed by atoms with Crippen LogP contribution in [-0.4, -0.2) is 46.4 Å². The summed E-state index contributed by atoms with van der Waals surface area (Å²) in [6.07, 6.45) is 0. The van der Waals surface area contributed by atoms with Crippen molar-refractivity contribution in [2.45, 2.75) is 96.9 Å². The molecule has 0 spiro atoms. The van der Waals surface area contributed by atoms with Crippen LogP contribution in [0.25, 0.3) is 0 Å². The fourth-order valence-electron chi connectivity index (χ4n) is 3.54. The smallest absolute Gasteiger partial charge is 0.325 e. The highest BCUT2D eigenvalue weighted by Crippen LogP contribution is 2.44. The van der Waals surface area contributed by atoms with Gasteiger partial charge in [-0.05, 0) is 27.7 Å². The minimum absolute atomic E-state index is 0.363. The Morgan fingerprint density at radius 2 is 1.16 bits per heavy atom. The maximum absolute atomic E-state index is 7.19. The highest BCUT2D eigenvalue weighted by atomic mass is 28.5. The third-order valence-corrected chi connectivity index (χ3v) is 23.0. The molecule has 1 rings (SSSR count). The van der Waals surface area contributed by atoms with Gasteiger partial charge in [0.25, 0.3) is 20.0 Å². The largest absolute Gasteiger partial charge is 0.425 e. The van der Waals surface area contributed by atoms with Gasteiger partial charge in [-0.15, -0.1) is 0 Å². The highest BCUT2D eigenvalue weighted by molar-refractivity contribution is 6.88. The van der Waals surface area contributed by atoms with Gasteiger partial charge in [-0.3, -0.25) is 0 Å². The van der Waals surface area contributed by atoms with Crippen LogP contribution in [0, 0.1) is 0 Å². The average Bonchev–Trinajstić information content (AvgIpc) is 2.49. The van der Waals surface area contributed by atoms with E-state index in [9.17, 15) is 0 Å². The van der Waals surface area contributed by atoms with Gasteiger partial charge in [-0.25, -0.2) is 0 Å². The zero-order valence-electron chi connectivity index (χ0n) is 17.9. The van der Waals surface area contributed by atoms with E-state index in [1.165, 1.54) is 0 Å². The van der Waals surface area contributed by atoms with E-state index >= 15 is 0 Å². The second kappa shape index (κ2) is 9.89. The zero-order valence-corrected chi connectivity index (χ0v) is 23.9. The maximum Gasteiger partial charge on any atom is 0.325 e. The van der Waals surface area contributed by atoms with Crippen molar-refractivity contribution in [1.82, 2.24) is 0 Å². The lowest BCUT2D eigenvalue weighted by Crippen LogP contribution is -2.64. The van der Waals surface area contributed by atoms with Crippen molar-refractivity contribution in [2.24, 2.45) is 0 Å². The van der Waals surface area contributed by atoms with Crippen LogP contribution in [0.5, 0.6) is 0 Å². The predicted octanol–water partition coefficient (Wildman–Crippen LogP) is 3.24. The Morgan fingerprint density at radius 3 is 1.56 bits per heavy atom. The predicted molar refractivity (Wildman–Crippen MR) is 117 cm³/mol. The van der Waals surface area contributed by atoms with Crippen molar-refractivity contribution in [1.29, 1.82) is 0 Å². The molecule has 1 saturated heterocycles. The average molecular weight is 441 g/mol. The lowest BCUT2D eigenvalue weighted by Gasteiger charge is -2.50. The second-order valence-electron chi connectivity index (χ2n) is 8.64. The Balaban J connectivity index is 3.43. The lowest BCUT2D eigenvalue weighted by molar-refractivity contribution is 0.237. The van der Waals surface area contributed by atoms with Crippen LogP contribution in [-0.2, 0) is 20.6 Å². The maximum atomic E-state index is 7.19. The van der Waals surface area contributed by atoms with E-state index in [0.29, 0.717) is 27.7 Å². The Kier molecular flexibility index (Phi) is 9.46. The molecule has 0 radical (unpaired) electrons. The van der Waals surface area contributed by atoms with Gasteiger partial charge in [-0.1, -0.05) is 69.2 Å². The quantitative estimate of drug-likeness (QED) is 0.614. The SMILES string of the molecule is CC(C)[SiH]1O[SiH2]O[SiH2]O[Si](C(C)C)(C(C)C)O[Si](C(C)C)(C(C)C)O1. The first-order chi connectivity index (χ1) is 11.5. The Morgan fingerprint density at radius 1 is 0.680 bits per heavy atom. The first kappa shape index (κ1) is 23.9. The molecule has 0 saturated carbocycles. The number of hydrogen-bond donors (Lipinski definition) is 0. The molecule has 1 unspecified atom stereocenters. The monoisotopic (exact) mass is 440 g/mol. The van der Waals surface area contributed by atoms with Crippen LogP contribution < -0.4 is 0 Å². The van der Waals surface area contributed by atoms with E-state index in [4.69, 9.17) is 20.6 Å². The highest BCUT2D eigenvalue weighted by Gasteiger charge is 2.57. The minimum atomic E-state index is -2.50. The second-order valence-corrected chi connectivity index (χ2v) is 24.6. The van der Waals surface area contributed by atoms with Gasteiger partial charge >= 0.3 is 26.4 Å². The summed E-state index contributed by atoms with van der Waals surface area (Å²) in [6.45, 7) is 22.4. The molecule has 1 heterocycles. The molecule has 5 nitrogen and oxygen atoms in total. The first-order valence-corrected chi connectivity index (χ1v) is 17.6. The van der Waals surface area contributed by atoms with E-state index in [2.05, 4.69) is 69.2 Å². The van der Waals surface area contributed by atoms with Crippen LogP contribution >= 0.6 is 0 Å². The molecule has 1 atom stereocenters. The molecule has 1 fully saturated rings. The van der Waals surface area contributed by atoms with E-state index in [1.807, 2.05) is 0 Å². The molecule has 0 aromatic heterocycles. The third kappa shape index (κ3) is 5.45. The summed E-state index contributed by atoms with van der Waals surface area (Å²) >= 11 is 0. The van der Waals surface area contributed by atoms with Crippen molar-refractivity contribution in [3.8, 4) is 0 Å². The van der Waals surface area contributed by atoms with Crippen LogP contribution in [0.3, 0.4) is 0 Å². The van der Waals surface area contributed by atoms with Gasteiger partial charge in [0.15, 0.2) is 0 Å². The third-order valence-electron chi connectivity index (χ3n) is 5.07. The minimum Gasteiger partial charge on any atom is -0.425 e. The van der Waals surface area contributed by atoms with Gasteiger partial charge < -0.3 is 20.6 Å².